The van der Waals surface area contributed by atoms with Crippen LogP contribution in [0.15, 0.2) is 34.9 Å². The Balaban J connectivity index is 2.31. The predicted octanol–water partition coefficient (Wildman–Crippen LogP) is 3.15. The summed E-state index contributed by atoms with van der Waals surface area (Å²) in [6.07, 6.45) is 0. The van der Waals surface area contributed by atoms with Crippen molar-refractivity contribution in [3.63, 3.8) is 0 Å². The van der Waals surface area contributed by atoms with E-state index in [-0.39, 0.29) is 11.3 Å². The molecule has 1 heterocycles. The highest BCUT2D eigenvalue weighted by atomic mass is 19.3. The van der Waals surface area contributed by atoms with Gasteiger partial charge in [0.25, 0.3) is 5.92 Å². The summed E-state index contributed by atoms with van der Waals surface area (Å²) in [5, 5.41) is 12.2. The van der Waals surface area contributed by atoms with E-state index < -0.39 is 11.9 Å². The molecule has 0 aliphatic carbocycles. The first-order valence-corrected chi connectivity index (χ1v) is 5.06. The minimum Gasteiger partial charge on any atom is -0.475 e. The number of alkyl halides is 2. The van der Waals surface area contributed by atoms with Crippen molar-refractivity contribution >= 4 is 5.97 Å². The normalized spacial score (nSPS) is 11.5. The van der Waals surface area contributed by atoms with Gasteiger partial charge in [-0.15, -0.1) is 0 Å². The Kier molecular flexibility index (Phi) is 2.86. The van der Waals surface area contributed by atoms with Gasteiger partial charge in [-0.05, 0) is 0 Å². The lowest BCUT2D eigenvalue weighted by Crippen LogP contribution is -2.06. The molecule has 4 nitrogen and oxygen atoms in total. The Morgan fingerprint density at radius 2 is 1.94 bits per heavy atom. The molecule has 1 aromatic heterocycles. The van der Waals surface area contributed by atoms with Crippen LogP contribution in [0.3, 0.4) is 0 Å². The van der Waals surface area contributed by atoms with E-state index in [1.54, 1.807) is 0 Å². The number of benzene rings is 1. The number of nitrogens with zero attached hydrogens (tertiary/aromatic N) is 1. The van der Waals surface area contributed by atoms with Crippen LogP contribution in [0.5, 0.6) is 0 Å². The molecule has 94 valence electrons. The van der Waals surface area contributed by atoms with Crippen LogP contribution in [-0.4, -0.2) is 16.2 Å². The molecular weight excluding hydrogens is 244 g/mol. The smallest absolute Gasteiger partial charge is 0.374 e. The van der Waals surface area contributed by atoms with Crippen molar-refractivity contribution in [3.8, 4) is 11.3 Å². The molecule has 2 aromatic rings. The van der Waals surface area contributed by atoms with Crippen LogP contribution in [0, 0.1) is 0 Å². The molecule has 0 amide bonds. The highest BCUT2D eigenvalue weighted by Gasteiger charge is 2.24. The minimum absolute atomic E-state index is 0.117. The van der Waals surface area contributed by atoms with Gasteiger partial charge >= 0.3 is 5.97 Å². The average molecular weight is 253 g/mol. The van der Waals surface area contributed by atoms with Crippen LogP contribution in [0.4, 0.5) is 8.78 Å². The second kappa shape index (κ2) is 4.21. The average Bonchev–Trinajstić information content (AvgIpc) is 2.77. The monoisotopic (exact) mass is 253 g/mol. The molecule has 0 unspecified atom stereocenters. The third kappa shape index (κ3) is 2.37. The van der Waals surface area contributed by atoms with Gasteiger partial charge in [0.05, 0.1) is 0 Å². The van der Waals surface area contributed by atoms with E-state index in [1.165, 1.54) is 30.3 Å². The highest BCUT2D eigenvalue weighted by Crippen LogP contribution is 2.29. The Hall–Kier alpha value is -2.24. The molecule has 0 fully saturated rings. The van der Waals surface area contributed by atoms with Gasteiger partial charge in [-0.3, -0.25) is 0 Å². The van der Waals surface area contributed by atoms with Gasteiger partial charge in [0.1, 0.15) is 5.69 Å². The van der Waals surface area contributed by atoms with Gasteiger partial charge in [0, 0.05) is 24.1 Å². The Morgan fingerprint density at radius 1 is 1.33 bits per heavy atom. The molecular formula is C12H9F2NO3. The van der Waals surface area contributed by atoms with Gasteiger partial charge in [-0.1, -0.05) is 29.4 Å². The fourth-order valence-corrected chi connectivity index (χ4v) is 1.45. The third-order valence-electron chi connectivity index (χ3n) is 2.41. The number of carboxylic acid groups (broad SMARTS) is 1. The summed E-state index contributed by atoms with van der Waals surface area (Å²) in [5.74, 6) is -4.44. The highest BCUT2D eigenvalue weighted by molar-refractivity contribution is 5.85. The number of carboxylic acids is 1. The number of hydrogen-bond acceptors (Lipinski definition) is 3. The summed E-state index contributed by atoms with van der Waals surface area (Å²) < 4.78 is 30.6. The summed E-state index contributed by atoms with van der Waals surface area (Å²) in [6.45, 7) is 0.806. The summed E-state index contributed by atoms with van der Waals surface area (Å²) in [4.78, 5) is 10.6. The van der Waals surface area contributed by atoms with E-state index in [0.29, 0.717) is 11.3 Å². The minimum atomic E-state index is -2.91. The molecule has 0 saturated carbocycles. The van der Waals surface area contributed by atoms with Crippen molar-refractivity contribution in [1.29, 1.82) is 0 Å². The van der Waals surface area contributed by atoms with E-state index >= 15 is 0 Å². The van der Waals surface area contributed by atoms with Crippen LogP contribution >= 0.6 is 0 Å². The van der Waals surface area contributed by atoms with Gasteiger partial charge in [0.2, 0.25) is 5.76 Å². The zero-order valence-electron chi connectivity index (χ0n) is 9.35. The SMILES string of the molecule is CC(F)(F)c1ccc(-c2cc(C(=O)O)on2)cc1. The van der Waals surface area contributed by atoms with E-state index in [0.717, 1.165) is 6.92 Å². The van der Waals surface area contributed by atoms with Gasteiger partial charge in [-0.2, -0.15) is 0 Å². The Bertz CT molecular complexity index is 570. The second-order valence-electron chi connectivity index (χ2n) is 3.85. The molecule has 0 atom stereocenters. The van der Waals surface area contributed by atoms with Crippen molar-refractivity contribution in [2.75, 3.05) is 0 Å². The molecule has 6 heteroatoms. The first kappa shape index (κ1) is 12.2. The van der Waals surface area contributed by atoms with Crippen molar-refractivity contribution in [3.05, 3.63) is 41.7 Å². The Labute approximate surface area is 101 Å². The zero-order valence-corrected chi connectivity index (χ0v) is 9.35. The molecule has 0 bridgehead atoms. The number of rotatable bonds is 3. The second-order valence-corrected chi connectivity index (χ2v) is 3.85. The topological polar surface area (TPSA) is 63.3 Å². The van der Waals surface area contributed by atoms with E-state index in [9.17, 15) is 13.6 Å². The lowest BCUT2D eigenvalue weighted by atomic mass is 10.1. The summed E-state index contributed by atoms with van der Waals surface area (Å²) in [7, 11) is 0. The number of carbonyl (C=O) groups is 1. The summed E-state index contributed by atoms with van der Waals surface area (Å²) in [6, 6.07) is 6.66. The number of halogens is 2. The van der Waals surface area contributed by atoms with Crippen molar-refractivity contribution in [2.45, 2.75) is 12.8 Å². The molecule has 1 aromatic carbocycles. The van der Waals surface area contributed by atoms with Gasteiger partial charge < -0.3 is 9.63 Å². The van der Waals surface area contributed by atoms with Crippen LogP contribution < -0.4 is 0 Å². The van der Waals surface area contributed by atoms with E-state index in [2.05, 4.69) is 9.68 Å². The molecule has 0 spiro atoms. The lowest BCUT2D eigenvalue weighted by Gasteiger charge is -2.10. The number of aromatic carboxylic acids is 1. The van der Waals surface area contributed by atoms with Crippen LogP contribution in [0.25, 0.3) is 11.3 Å². The molecule has 2 rings (SSSR count). The first-order valence-electron chi connectivity index (χ1n) is 5.06. The molecule has 18 heavy (non-hydrogen) atoms. The van der Waals surface area contributed by atoms with Crippen molar-refractivity contribution < 1.29 is 23.2 Å². The molecule has 0 radical (unpaired) electrons. The maximum atomic E-state index is 13.0. The maximum Gasteiger partial charge on any atom is 0.374 e. The fourth-order valence-electron chi connectivity index (χ4n) is 1.45. The van der Waals surface area contributed by atoms with E-state index in [1.807, 2.05) is 0 Å². The summed E-state index contributed by atoms with van der Waals surface area (Å²) >= 11 is 0. The molecule has 1 N–H and O–H groups in total. The number of hydrogen-bond donors (Lipinski definition) is 1. The van der Waals surface area contributed by atoms with Gasteiger partial charge in [0.15, 0.2) is 0 Å². The standard InChI is InChI=1S/C12H9F2NO3/c1-12(13,14)8-4-2-7(3-5-8)9-6-10(11(16)17)18-15-9/h2-6H,1H3,(H,16,17). The lowest BCUT2D eigenvalue weighted by molar-refractivity contribution is 0.0175. The molecule has 0 aliphatic heterocycles. The predicted molar refractivity (Wildman–Crippen MR) is 58.5 cm³/mol. The molecule has 0 saturated heterocycles. The van der Waals surface area contributed by atoms with Crippen molar-refractivity contribution in [2.24, 2.45) is 0 Å². The number of aromatic nitrogens is 1. The van der Waals surface area contributed by atoms with Crippen molar-refractivity contribution in [1.82, 2.24) is 5.16 Å². The largest absolute Gasteiger partial charge is 0.475 e. The van der Waals surface area contributed by atoms with Gasteiger partial charge in [-0.25, -0.2) is 13.6 Å². The zero-order chi connectivity index (χ0) is 13.3. The maximum absolute atomic E-state index is 13.0. The van der Waals surface area contributed by atoms with Crippen LogP contribution in [-0.2, 0) is 5.92 Å². The Morgan fingerprint density at radius 3 is 2.39 bits per heavy atom. The van der Waals surface area contributed by atoms with Crippen LogP contribution in [0.1, 0.15) is 23.0 Å². The quantitative estimate of drug-likeness (QED) is 0.912. The van der Waals surface area contributed by atoms with Crippen LogP contribution in [0.2, 0.25) is 0 Å². The first-order chi connectivity index (χ1) is 8.38. The van der Waals surface area contributed by atoms with E-state index in [4.69, 9.17) is 5.11 Å². The summed E-state index contributed by atoms with van der Waals surface area (Å²) in [5.41, 5.74) is 0.686. The fraction of sp³-hybridized carbons (Fsp3) is 0.167. The molecule has 0 aliphatic rings. The third-order valence-corrected chi connectivity index (χ3v) is 2.41.